The second-order valence-electron chi connectivity index (χ2n) is 6.08. The summed E-state index contributed by atoms with van der Waals surface area (Å²) in [6.45, 7) is 7.98. The van der Waals surface area contributed by atoms with E-state index in [1.165, 1.54) is 4.90 Å². The number of nitrogens with one attached hydrogen (secondary N) is 1. The maximum Gasteiger partial charge on any atom is 0.228 e. The minimum atomic E-state index is -0.0641. The SMILES string of the molecule is CC(C)CC(=O)Nc1cccc(N(C)C(=O)CC(C)C)n1. The molecule has 1 rings (SSSR count). The molecule has 0 aliphatic rings. The quantitative estimate of drug-likeness (QED) is 0.876. The van der Waals surface area contributed by atoms with Gasteiger partial charge < -0.3 is 5.32 Å². The normalized spacial score (nSPS) is 10.8. The van der Waals surface area contributed by atoms with Crippen molar-refractivity contribution in [3.63, 3.8) is 0 Å². The van der Waals surface area contributed by atoms with Gasteiger partial charge in [-0.2, -0.15) is 0 Å². The third-order valence-electron chi connectivity index (χ3n) is 2.90. The van der Waals surface area contributed by atoms with Crippen LogP contribution in [0.1, 0.15) is 40.5 Å². The molecule has 0 saturated heterocycles. The van der Waals surface area contributed by atoms with Crippen molar-refractivity contribution in [2.24, 2.45) is 11.8 Å². The molecule has 116 valence electrons. The molecule has 1 aromatic heterocycles. The van der Waals surface area contributed by atoms with Crippen molar-refractivity contribution in [3.8, 4) is 0 Å². The summed E-state index contributed by atoms with van der Waals surface area (Å²) in [5, 5.41) is 2.76. The molecule has 0 saturated carbocycles. The third kappa shape index (κ3) is 5.94. The minimum absolute atomic E-state index is 0.0168. The van der Waals surface area contributed by atoms with Gasteiger partial charge in [0.1, 0.15) is 11.6 Å². The summed E-state index contributed by atoms with van der Waals surface area (Å²) in [6, 6.07) is 5.27. The van der Waals surface area contributed by atoms with E-state index in [9.17, 15) is 9.59 Å². The van der Waals surface area contributed by atoms with E-state index in [0.29, 0.717) is 36.3 Å². The smallest absolute Gasteiger partial charge is 0.228 e. The Labute approximate surface area is 126 Å². The summed E-state index contributed by atoms with van der Waals surface area (Å²) in [5.74, 6) is 1.57. The highest BCUT2D eigenvalue weighted by Gasteiger charge is 2.14. The van der Waals surface area contributed by atoms with Crippen molar-refractivity contribution in [3.05, 3.63) is 18.2 Å². The average Bonchev–Trinajstić information content (AvgIpc) is 2.36. The highest BCUT2D eigenvalue weighted by atomic mass is 16.2. The summed E-state index contributed by atoms with van der Waals surface area (Å²) >= 11 is 0. The van der Waals surface area contributed by atoms with Gasteiger partial charge in [-0.1, -0.05) is 33.8 Å². The van der Waals surface area contributed by atoms with E-state index in [4.69, 9.17) is 0 Å². The Morgan fingerprint density at radius 1 is 1.14 bits per heavy atom. The fourth-order valence-corrected chi connectivity index (χ4v) is 1.86. The van der Waals surface area contributed by atoms with Gasteiger partial charge in [-0.25, -0.2) is 4.98 Å². The predicted molar refractivity (Wildman–Crippen MR) is 85.2 cm³/mol. The summed E-state index contributed by atoms with van der Waals surface area (Å²) < 4.78 is 0. The molecule has 0 radical (unpaired) electrons. The number of carbonyl (C=O) groups is 2. The van der Waals surface area contributed by atoms with Crippen LogP contribution in [0.3, 0.4) is 0 Å². The van der Waals surface area contributed by atoms with Crippen LogP contribution in [-0.2, 0) is 9.59 Å². The summed E-state index contributed by atoms with van der Waals surface area (Å²) in [7, 11) is 1.70. The number of amides is 2. The van der Waals surface area contributed by atoms with E-state index >= 15 is 0 Å². The standard InChI is InChI=1S/C16H25N3O2/c1-11(2)9-15(20)18-13-7-6-8-14(17-13)19(5)16(21)10-12(3)4/h6-8,11-12H,9-10H2,1-5H3,(H,17,18,20). The Morgan fingerprint density at radius 3 is 2.33 bits per heavy atom. The lowest BCUT2D eigenvalue weighted by Crippen LogP contribution is -2.28. The number of rotatable bonds is 6. The van der Waals surface area contributed by atoms with Crippen LogP contribution in [0.25, 0.3) is 0 Å². The Balaban J connectivity index is 2.76. The van der Waals surface area contributed by atoms with Gasteiger partial charge in [0.05, 0.1) is 0 Å². The van der Waals surface area contributed by atoms with Crippen LogP contribution in [0.2, 0.25) is 0 Å². The van der Waals surface area contributed by atoms with Gasteiger partial charge in [0.2, 0.25) is 11.8 Å². The van der Waals surface area contributed by atoms with Crippen LogP contribution in [-0.4, -0.2) is 23.8 Å². The van der Waals surface area contributed by atoms with Gasteiger partial charge in [0, 0.05) is 19.9 Å². The number of hydrogen-bond donors (Lipinski definition) is 1. The van der Waals surface area contributed by atoms with Crippen molar-refractivity contribution in [1.29, 1.82) is 0 Å². The lowest BCUT2D eigenvalue weighted by molar-refractivity contribution is -0.119. The largest absolute Gasteiger partial charge is 0.311 e. The lowest BCUT2D eigenvalue weighted by atomic mass is 10.1. The van der Waals surface area contributed by atoms with Crippen LogP contribution in [0, 0.1) is 11.8 Å². The molecule has 0 spiro atoms. The van der Waals surface area contributed by atoms with Gasteiger partial charge in [-0.15, -0.1) is 0 Å². The molecule has 2 amide bonds. The number of hydrogen-bond acceptors (Lipinski definition) is 3. The molecule has 5 nitrogen and oxygen atoms in total. The number of anilines is 2. The van der Waals surface area contributed by atoms with Gasteiger partial charge in [0.25, 0.3) is 0 Å². The van der Waals surface area contributed by atoms with E-state index in [0.717, 1.165) is 0 Å². The number of carbonyl (C=O) groups excluding carboxylic acids is 2. The van der Waals surface area contributed by atoms with Gasteiger partial charge in [-0.3, -0.25) is 14.5 Å². The molecular weight excluding hydrogens is 266 g/mol. The second-order valence-corrected chi connectivity index (χ2v) is 6.08. The van der Waals surface area contributed by atoms with Crippen molar-refractivity contribution >= 4 is 23.5 Å². The molecule has 0 aliphatic heterocycles. The predicted octanol–water partition coefficient (Wildman–Crippen LogP) is 3.08. The van der Waals surface area contributed by atoms with Gasteiger partial charge in [-0.05, 0) is 24.0 Å². The van der Waals surface area contributed by atoms with E-state index in [-0.39, 0.29) is 11.8 Å². The van der Waals surface area contributed by atoms with Crippen LogP contribution in [0.5, 0.6) is 0 Å². The fraction of sp³-hybridized carbons (Fsp3) is 0.562. The Hall–Kier alpha value is -1.91. The summed E-state index contributed by atoms with van der Waals surface area (Å²) in [5.41, 5.74) is 0. The molecule has 0 atom stereocenters. The van der Waals surface area contributed by atoms with Crippen molar-refractivity contribution in [2.45, 2.75) is 40.5 Å². The highest BCUT2D eigenvalue weighted by molar-refractivity contribution is 5.93. The van der Waals surface area contributed by atoms with E-state index in [1.807, 2.05) is 27.7 Å². The minimum Gasteiger partial charge on any atom is -0.311 e. The van der Waals surface area contributed by atoms with E-state index in [2.05, 4.69) is 10.3 Å². The molecule has 1 heterocycles. The first-order chi connectivity index (χ1) is 9.79. The first-order valence-electron chi connectivity index (χ1n) is 7.33. The monoisotopic (exact) mass is 291 g/mol. The highest BCUT2D eigenvalue weighted by Crippen LogP contribution is 2.16. The molecule has 0 bridgehead atoms. The first kappa shape index (κ1) is 17.1. The molecule has 0 aromatic carbocycles. The maximum atomic E-state index is 12.0. The number of nitrogens with zero attached hydrogens (tertiary/aromatic N) is 2. The molecular formula is C16H25N3O2. The van der Waals surface area contributed by atoms with Crippen LogP contribution >= 0.6 is 0 Å². The molecule has 1 N–H and O–H groups in total. The van der Waals surface area contributed by atoms with Crippen molar-refractivity contribution in [2.75, 3.05) is 17.3 Å². The first-order valence-corrected chi connectivity index (χ1v) is 7.33. The molecule has 21 heavy (non-hydrogen) atoms. The molecule has 0 aliphatic carbocycles. The van der Waals surface area contributed by atoms with Crippen LogP contribution in [0.4, 0.5) is 11.6 Å². The van der Waals surface area contributed by atoms with Crippen LogP contribution in [0.15, 0.2) is 18.2 Å². The van der Waals surface area contributed by atoms with Crippen molar-refractivity contribution in [1.82, 2.24) is 4.98 Å². The Kier molecular flexibility index (Phi) is 6.34. The van der Waals surface area contributed by atoms with E-state index < -0.39 is 0 Å². The molecule has 5 heteroatoms. The summed E-state index contributed by atoms with van der Waals surface area (Å²) in [6.07, 6.45) is 0.927. The summed E-state index contributed by atoms with van der Waals surface area (Å²) in [4.78, 5) is 29.6. The Bertz CT molecular complexity index is 498. The molecule has 1 aromatic rings. The van der Waals surface area contributed by atoms with E-state index in [1.54, 1.807) is 25.2 Å². The molecule has 0 fully saturated rings. The average molecular weight is 291 g/mol. The van der Waals surface area contributed by atoms with Gasteiger partial charge in [0.15, 0.2) is 0 Å². The van der Waals surface area contributed by atoms with Crippen LogP contribution < -0.4 is 10.2 Å². The second kappa shape index (κ2) is 7.76. The number of aromatic nitrogens is 1. The molecule has 0 unspecified atom stereocenters. The maximum absolute atomic E-state index is 12.0. The number of pyridine rings is 1. The zero-order valence-corrected chi connectivity index (χ0v) is 13.5. The van der Waals surface area contributed by atoms with Gasteiger partial charge >= 0.3 is 0 Å². The lowest BCUT2D eigenvalue weighted by Gasteiger charge is -2.18. The van der Waals surface area contributed by atoms with Crippen molar-refractivity contribution < 1.29 is 9.59 Å². The topological polar surface area (TPSA) is 62.3 Å². The Morgan fingerprint density at radius 2 is 1.76 bits per heavy atom. The zero-order chi connectivity index (χ0) is 16.0. The third-order valence-corrected chi connectivity index (χ3v) is 2.90. The zero-order valence-electron chi connectivity index (χ0n) is 13.5. The fourth-order valence-electron chi connectivity index (χ4n) is 1.86.